The molecule has 0 fully saturated rings. The zero-order valence-corrected chi connectivity index (χ0v) is 13.0. The van der Waals surface area contributed by atoms with Crippen molar-refractivity contribution in [3.05, 3.63) is 23.8 Å². The Hall–Kier alpha value is -1.40. The maximum Gasteiger partial charge on any atom is 0.387 e. The van der Waals surface area contributed by atoms with E-state index in [9.17, 15) is 13.9 Å². The molecule has 0 aromatic heterocycles. The second-order valence-electron chi connectivity index (χ2n) is 5.90. The Morgan fingerprint density at radius 1 is 1.19 bits per heavy atom. The lowest BCUT2D eigenvalue weighted by Crippen LogP contribution is -2.55. The summed E-state index contributed by atoms with van der Waals surface area (Å²) < 4.78 is 34.2. The van der Waals surface area contributed by atoms with Gasteiger partial charge in [0.25, 0.3) is 0 Å². The summed E-state index contributed by atoms with van der Waals surface area (Å²) in [6.07, 6.45) is 0. The van der Waals surface area contributed by atoms with Crippen molar-refractivity contribution in [3.8, 4) is 11.5 Å². The topological polar surface area (TPSA) is 50.7 Å². The molecule has 0 heterocycles. The van der Waals surface area contributed by atoms with E-state index in [2.05, 4.69) is 10.1 Å². The molecule has 0 bridgehead atoms. The molecule has 0 amide bonds. The first kappa shape index (κ1) is 17.7. The van der Waals surface area contributed by atoms with Crippen LogP contribution < -0.4 is 14.8 Å². The maximum absolute atomic E-state index is 12.4. The molecule has 0 aliphatic rings. The average molecular weight is 303 g/mol. The molecule has 0 saturated heterocycles. The fourth-order valence-electron chi connectivity index (χ4n) is 1.56. The number of ether oxygens (including phenoxy) is 2. The number of hydrogen-bond acceptors (Lipinski definition) is 4. The molecule has 0 unspecified atom stereocenters. The van der Waals surface area contributed by atoms with Crippen LogP contribution in [-0.2, 0) is 6.54 Å². The highest BCUT2D eigenvalue weighted by atomic mass is 19.3. The summed E-state index contributed by atoms with van der Waals surface area (Å²) in [6.45, 7) is 4.65. The molecule has 1 aromatic rings. The summed E-state index contributed by atoms with van der Waals surface area (Å²) in [5.74, 6) is 0.244. The van der Waals surface area contributed by atoms with Gasteiger partial charge in [-0.1, -0.05) is 6.07 Å². The quantitative estimate of drug-likeness (QED) is 0.813. The van der Waals surface area contributed by atoms with Gasteiger partial charge in [-0.15, -0.1) is 0 Å². The smallest absolute Gasteiger partial charge is 0.387 e. The minimum atomic E-state index is -2.91. The second-order valence-corrected chi connectivity index (χ2v) is 5.90. The lowest BCUT2D eigenvalue weighted by molar-refractivity contribution is -0.0512. The van der Waals surface area contributed by atoms with Crippen LogP contribution >= 0.6 is 0 Å². The molecule has 21 heavy (non-hydrogen) atoms. The van der Waals surface area contributed by atoms with Crippen molar-refractivity contribution in [1.82, 2.24) is 5.32 Å². The van der Waals surface area contributed by atoms with E-state index in [0.29, 0.717) is 6.54 Å². The van der Waals surface area contributed by atoms with Gasteiger partial charge in [0.2, 0.25) is 0 Å². The molecule has 1 aromatic carbocycles. The molecular formula is C15H23F2NO3. The number of halogens is 2. The van der Waals surface area contributed by atoms with Crippen LogP contribution in [0.15, 0.2) is 18.2 Å². The van der Waals surface area contributed by atoms with Crippen LogP contribution in [0.25, 0.3) is 0 Å². The zero-order valence-electron chi connectivity index (χ0n) is 13.0. The molecule has 2 N–H and O–H groups in total. The molecule has 4 nitrogen and oxygen atoms in total. The van der Waals surface area contributed by atoms with E-state index in [0.717, 1.165) is 5.56 Å². The SMILES string of the molecule is COc1ccc(CNC(C)(C)C(C)(C)O)cc1OC(F)F. The normalized spacial score (nSPS) is 12.6. The Morgan fingerprint density at radius 2 is 1.81 bits per heavy atom. The Labute approximate surface area is 124 Å². The lowest BCUT2D eigenvalue weighted by Gasteiger charge is -2.38. The van der Waals surface area contributed by atoms with Gasteiger partial charge in [-0.2, -0.15) is 8.78 Å². The van der Waals surface area contributed by atoms with Crippen molar-refractivity contribution in [2.75, 3.05) is 7.11 Å². The van der Waals surface area contributed by atoms with E-state index in [1.54, 1.807) is 26.0 Å². The Kier molecular flexibility index (Phi) is 5.53. The van der Waals surface area contributed by atoms with E-state index < -0.39 is 17.8 Å². The fourth-order valence-corrected chi connectivity index (χ4v) is 1.56. The summed E-state index contributed by atoms with van der Waals surface area (Å²) in [4.78, 5) is 0. The van der Waals surface area contributed by atoms with Crippen molar-refractivity contribution in [3.63, 3.8) is 0 Å². The minimum absolute atomic E-state index is 0.00661. The molecule has 0 saturated carbocycles. The summed E-state index contributed by atoms with van der Waals surface area (Å²) in [5.41, 5.74) is -0.720. The standard InChI is InChI=1S/C15H23F2NO3/c1-14(2,15(3,4)19)18-9-10-6-7-11(20-5)12(8-10)21-13(16)17/h6-8,13,18-19H,9H2,1-5H3. The van der Waals surface area contributed by atoms with Crippen molar-refractivity contribution in [1.29, 1.82) is 0 Å². The van der Waals surface area contributed by atoms with Crippen molar-refractivity contribution >= 4 is 0 Å². The third kappa shape index (κ3) is 4.82. The third-order valence-electron chi connectivity index (χ3n) is 3.71. The van der Waals surface area contributed by atoms with Crippen LogP contribution in [0.2, 0.25) is 0 Å². The van der Waals surface area contributed by atoms with Crippen LogP contribution in [0.4, 0.5) is 8.78 Å². The second kappa shape index (κ2) is 6.58. The highest BCUT2D eigenvalue weighted by molar-refractivity contribution is 5.43. The highest BCUT2D eigenvalue weighted by Crippen LogP contribution is 2.30. The molecule has 0 radical (unpaired) electrons. The molecule has 1 rings (SSSR count). The molecular weight excluding hydrogens is 280 g/mol. The van der Waals surface area contributed by atoms with Gasteiger partial charge in [0.1, 0.15) is 0 Å². The van der Waals surface area contributed by atoms with E-state index in [4.69, 9.17) is 4.74 Å². The predicted molar refractivity (Wildman–Crippen MR) is 76.8 cm³/mol. The molecule has 6 heteroatoms. The van der Waals surface area contributed by atoms with E-state index in [1.165, 1.54) is 13.2 Å². The van der Waals surface area contributed by atoms with Crippen LogP contribution in [0.5, 0.6) is 11.5 Å². The van der Waals surface area contributed by atoms with Crippen LogP contribution in [0, 0.1) is 0 Å². The minimum Gasteiger partial charge on any atom is -0.493 e. The van der Waals surface area contributed by atoms with Gasteiger partial charge >= 0.3 is 6.61 Å². The predicted octanol–water partition coefficient (Wildman–Crippen LogP) is 2.94. The van der Waals surface area contributed by atoms with Crippen LogP contribution in [-0.4, -0.2) is 30.0 Å². The maximum atomic E-state index is 12.4. The molecule has 0 aliphatic heterocycles. The van der Waals surface area contributed by atoms with E-state index in [1.807, 2.05) is 13.8 Å². The van der Waals surface area contributed by atoms with Crippen LogP contribution in [0.3, 0.4) is 0 Å². The first-order chi connectivity index (χ1) is 9.56. The van der Waals surface area contributed by atoms with Gasteiger partial charge in [-0.25, -0.2) is 0 Å². The Morgan fingerprint density at radius 3 is 2.29 bits per heavy atom. The summed E-state index contributed by atoms with van der Waals surface area (Å²) in [5, 5.41) is 13.3. The number of nitrogens with one attached hydrogen (secondary N) is 1. The number of alkyl halides is 2. The van der Waals surface area contributed by atoms with Crippen molar-refractivity contribution in [2.45, 2.75) is 52.0 Å². The summed E-state index contributed by atoms with van der Waals surface area (Å²) in [6, 6.07) is 4.83. The van der Waals surface area contributed by atoms with Gasteiger partial charge in [0, 0.05) is 12.1 Å². The zero-order chi connectivity index (χ0) is 16.3. The number of methoxy groups -OCH3 is 1. The average Bonchev–Trinajstić information content (AvgIpc) is 2.34. The fraction of sp³-hybridized carbons (Fsp3) is 0.600. The third-order valence-corrected chi connectivity index (χ3v) is 3.71. The molecule has 0 spiro atoms. The van der Waals surface area contributed by atoms with Crippen LogP contribution in [0.1, 0.15) is 33.3 Å². The largest absolute Gasteiger partial charge is 0.493 e. The highest BCUT2D eigenvalue weighted by Gasteiger charge is 2.34. The molecule has 120 valence electrons. The Bertz CT molecular complexity index is 470. The molecule has 0 aliphatic carbocycles. The molecule has 0 atom stereocenters. The van der Waals surface area contributed by atoms with Gasteiger partial charge in [-0.05, 0) is 45.4 Å². The summed E-state index contributed by atoms with van der Waals surface area (Å²) >= 11 is 0. The van der Waals surface area contributed by atoms with Gasteiger partial charge in [-0.3, -0.25) is 0 Å². The Balaban J connectivity index is 2.85. The monoisotopic (exact) mass is 303 g/mol. The van der Waals surface area contributed by atoms with E-state index in [-0.39, 0.29) is 11.5 Å². The van der Waals surface area contributed by atoms with Crippen molar-refractivity contribution in [2.24, 2.45) is 0 Å². The number of hydrogen-bond donors (Lipinski definition) is 2. The first-order valence-corrected chi connectivity index (χ1v) is 6.66. The van der Waals surface area contributed by atoms with Gasteiger partial charge in [0.05, 0.1) is 12.7 Å². The van der Waals surface area contributed by atoms with Crippen molar-refractivity contribution < 1.29 is 23.4 Å². The lowest BCUT2D eigenvalue weighted by atomic mass is 9.86. The summed E-state index contributed by atoms with van der Waals surface area (Å²) in [7, 11) is 1.39. The van der Waals surface area contributed by atoms with Gasteiger partial charge < -0.3 is 19.9 Å². The van der Waals surface area contributed by atoms with Gasteiger partial charge in [0.15, 0.2) is 11.5 Å². The number of aliphatic hydroxyl groups is 1. The van der Waals surface area contributed by atoms with E-state index >= 15 is 0 Å². The first-order valence-electron chi connectivity index (χ1n) is 6.66. The number of rotatable bonds is 7. The number of benzene rings is 1.